The summed E-state index contributed by atoms with van der Waals surface area (Å²) in [5, 5.41) is 50.4. The van der Waals surface area contributed by atoms with Crippen LogP contribution in [0.2, 0.25) is 0 Å². The lowest BCUT2D eigenvalue weighted by molar-refractivity contribution is -0.504. The Morgan fingerprint density at radius 1 is 1.10 bits per heavy atom. The Bertz CT molecular complexity index is 868. The molecular formula is C28H44N2O9. The summed E-state index contributed by atoms with van der Waals surface area (Å²) >= 11 is 0. The Morgan fingerprint density at radius 3 is 2.54 bits per heavy atom. The fourth-order valence-electron chi connectivity index (χ4n) is 4.88. The average molecular weight is 553 g/mol. The molecule has 0 aromatic heterocycles. The van der Waals surface area contributed by atoms with Crippen LogP contribution in [0.3, 0.4) is 0 Å². The number of allylic oxidation sites excluding steroid dienone is 2. The molecular weight excluding hydrogens is 508 g/mol. The first-order valence-corrected chi connectivity index (χ1v) is 13.7. The zero-order valence-electron chi connectivity index (χ0n) is 22.6. The van der Waals surface area contributed by atoms with E-state index in [4.69, 9.17) is 15.2 Å². The van der Waals surface area contributed by atoms with Crippen molar-refractivity contribution in [3.63, 3.8) is 0 Å². The fraction of sp³-hybridized carbons (Fsp3) is 0.643. The maximum Gasteiger partial charge on any atom is 0.325 e. The topological polar surface area (TPSA) is 169 Å². The number of carbonyl (C=O) groups excluding carboxylic acids is 2. The number of aryl methyl sites for hydroxylation is 1. The minimum absolute atomic E-state index is 0.0673. The van der Waals surface area contributed by atoms with Crippen LogP contribution >= 0.6 is 0 Å². The molecule has 6 atom stereocenters. The molecule has 11 heteroatoms. The molecule has 220 valence electrons. The van der Waals surface area contributed by atoms with Gasteiger partial charge < -0.3 is 25.4 Å². The van der Waals surface area contributed by atoms with Crippen LogP contribution in [0.4, 0.5) is 0 Å². The molecule has 1 saturated carbocycles. The predicted octanol–water partition coefficient (Wildman–Crippen LogP) is 2.29. The molecule has 0 spiro atoms. The van der Waals surface area contributed by atoms with E-state index in [1.165, 1.54) is 12.5 Å². The lowest BCUT2D eigenvalue weighted by atomic mass is 9.85. The molecule has 2 rings (SSSR count). The normalized spacial score (nSPS) is 22.7. The number of nitrogens with zero attached hydrogens (tertiary/aromatic N) is 1. The van der Waals surface area contributed by atoms with Crippen LogP contribution in [0.1, 0.15) is 63.9 Å². The first-order chi connectivity index (χ1) is 18.7. The number of hydrogen-bond donors (Lipinski definition) is 6. The molecule has 1 aromatic carbocycles. The van der Waals surface area contributed by atoms with Crippen LogP contribution in [0.15, 0.2) is 42.5 Å². The second kappa shape index (κ2) is 18.1. The minimum Gasteiger partial charge on any atom is -0.462 e. The number of amides is 1. The molecule has 1 amide bonds. The van der Waals surface area contributed by atoms with Gasteiger partial charge in [-0.25, -0.2) is 4.84 Å². The molecule has 0 radical (unpaired) electrons. The van der Waals surface area contributed by atoms with E-state index in [9.17, 15) is 24.9 Å². The largest absolute Gasteiger partial charge is 0.462 e. The summed E-state index contributed by atoms with van der Waals surface area (Å²) in [7, 11) is 0. The van der Waals surface area contributed by atoms with E-state index in [2.05, 4.69) is 10.2 Å². The number of esters is 1. The number of rotatable bonds is 18. The molecule has 1 aliphatic carbocycles. The molecule has 11 nitrogen and oxygen atoms in total. The average Bonchev–Trinajstić information content (AvgIpc) is 3.17. The quantitative estimate of drug-likeness (QED) is 0.0688. The molecule has 1 unspecified atom stereocenters. The van der Waals surface area contributed by atoms with Gasteiger partial charge in [-0.2, -0.15) is 0 Å². The molecule has 1 aliphatic rings. The van der Waals surface area contributed by atoms with Crippen LogP contribution in [-0.2, 0) is 25.6 Å². The van der Waals surface area contributed by atoms with Gasteiger partial charge in [0.15, 0.2) is 0 Å². The van der Waals surface area contributed by atoms with Gasteiger partial charge in [0.2, 0.25) is 5.91 Å². The number of aliphatic hydroxyl groups is 3. The van der Waals surface area contributed by atoms with Crippen molar-refractivity contribution in [2.75, 3.05) is 13.2 Å². The van der Waals surface area contributed by atoms with E-state index in [-0.39, 0.29) is 37.3 Å². The van der Waals surface area contributed by atoms with Gasteiger partial charge in [0, 0.05) is 6.42 Å². The minimum atomic E-state index is -0.771. The molecule has 0 aliphatic heterocycles. The van der Waals surface area contributed by atoms with E-state index in [0.29, 0.717) is 44.9 Å². The van der Waals surface area contributed by atoms with Gasteiger partial charge >= 0.3 is 5.97 Å². The van der Waals surface area contributed by atoms with Gasteiger partial charge in [0.25, 0.3) is 0 Å². The Labute approximate surface area is 229 Å². The van der Waals surface area contributed by atoms with Crippen LogP contribution in [0.25, 0.3) is 0 Å². The SMILES string of the molecule is CC(COC(=O)CNC(=O)CCC/C=C\C[C@@H]1[C@@H](CC[C@@H](O)CCc2ccccc2)[C@H](O)C[C@@H]1O)ON(O)O. The van der Waals surface area contributed by atoms with Gasteiger partial charge in [-0.3, -0.25) is 20.0 Å². The number of aliphatic hydroxyl groups excluding tert-OH is 3. The third kappa shape index (κ3) is 13.5. The van der Waals surface area contributed by atoms with Crippen molar-refractivity contribution in [2.24, 2.45) is 11.8 Å². The number of hydrogen-bond acceptors (Lipinski definition) is 10. The summed E-state index contributed by atoms with van der Waals surface area (Å²) in [6.07, 6.45) is 6.69. The zero-order valence-corrected chi connectivity index (χ0v) is 22.6. The zero-order chi connectivity index (χ0) is 28.6. The molecule has 0 heterocycles. The summed E-state index contributed by atoms with van der Waals surface area (Å²) in [6.45, 7) is 0.959. The molecule has 1 aromatic rings. The first-order valence-electron chi connectivity index (χ1n) is 13.7. The maximum atomic E-state index is 11.9. The van der Waals surface area contributed by atoms with Crippen LogP contribution in [0, 0.1) is 11.8 Å². The first kappa shape index (κ1) is 32.8. The van der Waals surface area contributed by atoms with Crippen LogP contribution in [0.5, 0.6) is 0 Å². The van der Waals surface area contributed by atoms with E-state index in [1.54, 1.807) is 0 Å². The van der Waals surface area contributed by atoms with Crippen molar-refractivity contribution >= 4 is 11.9 Å². The third-order valence-electron chi connectivity index (χ3n) is 7.00. The van der Waals surface area contributed by atoms with Crippen LogP contribution in [-0.4, -0.2) is 80.6 Å². The predicted molar refractivity (Wildman–Crippen MR) is 141 cm³/mol. The van der Waals surface area contributed by atoms with Gasteiger partial charge in [0.05, 0.1) is 23.7 Å². The second-order valence-electron chi connectivity index (χ2n) is 10.2. The van der Waals surface area contributed by atoms with E-state index in [1.807, 2.05) is 42.5 Å². The highest BCUT2D eigenvalue weighted by molar-refractivity contribution is 5.81. The van der Waals surface area contributed by atoms with E-state index in [0.717, 1.165) is 6.42 Å². The van der Waals surface area contributed by atoms with Crippen molar-refractivity contribution in [1.82, 2.24) is 10.7 Å². The standard InChI is InChI=1S/C28H44N2O9/c1-20(39-30(36)37)19-38-28(35)18-29-27(34)12-8-3-2-7-11-23-24(26(33)17-25(23)32)16-15-22(31)14-13-21-9-5-4-6-10-21/h2,4-7,9-10,20,22-26,31-33,36-37H,3,8,11-19H2,1H3,(H,29,34)/b7-2-/t20?,22-,23+,24+,25-,26+/m0/s1. The number of ether oxygens (including phenoxy) is 1. The maximum absolute atomic E-state index is 11.9. The van der Waals surface area contributed by atoms with Gasteiger partial charge in [-0.15, -0.1) is 0 Å². The Balaban J connectivity index is 1.61. The molecule has 0 bridgehead atoms. The highest BCUT2D eigenvalue weighted by atomic mass is 17.1. The highest BCUT2D eigenvalue weighted by Crippen LogP contribution is 2.38. The number of benzene rings is 1. The fourth-order valence-corrected chi connectivity index (χ4v) is 4.88. The molecule has 1 fully saturated rings. The summed E-state index contributed by atoms with van der Waals surface area (Å²) in [6, 6.07) is 10.0. The molecule has 0 saturated heterocycles. The molecule has 6 N–H and O–H groups in total. The summed E-state index contributed by atoms with van der Waals surface area (Å²) in [5.74, 6) is -1.10. The number of carbonyl (C=O) groups is 2. The Hall–Kier alpha value is -2.38. The van der Waals surface area contributed by atoms with Crippen molar-refractivity contribution in [3.05, 3.63) is 48.0 Å². The monoisotopic (exact) mass is 552 g/mol. The van der Waals surface area contributed by atoms with E-state index < -0.39 is 35.8 Å². The van der Waals surface area contributed by atoms with Crippen molar-refractivity contribution in [2.45, 2.75) is 89.1 Å². The lowest BCUT2D eigenvalue weighted by Crippen LogP contribution is -2.32. The summed E-state index contributed by atoms with van der Waals surface area (Å²) in [4.78, 5) is 28.0. The Kier molecular flexibility index (Phi) is 15.2. The van der Waals surface area contributed by atoms with Crippen LogP contribution < -0.4 is 5.32 Å². The van der Waals surface area contributed by atoms with Gasteiger partial charge in [-0.1, -0.05) is 42.5 Å². The van der Waals surface area contributed by atoms with Gasteiger partial charge in [0.1, 0.15) is 19.3 Å². The lowest BCUT2D eigenvalue weighted by Gasteiger charge is -2.23. The molecule has 39 heavy (non-hydrogen) atoms. The van der Waals surface area contributed by atoms with Crippen molar-refractivity contribution in [1.29, 1.82) is 0 Å². The van der Waals surface area contributed by atoms with E-state index >= 15 is 0 Å². The highest BCUT2D eigenvalue weighted by Gasteiger charge is 2.40. The summed E-state index contributed by atoms with van der Waals surface area (Å²) < 4.78 is 4.86. The Morgan fingerprint density at radius 2 is 1.82 bits per heavy atom. The van der Waals surface area contributed by atoms with Gasteiger partial charge in [-0.05, 0) is 75.7 Å². The second-order valence-corrected chi connectivity index (χ2v) is 10.2. The third-order valence-corrected chi connectivity index (χ3v) is 7.00. The summed E-state index contributed by atoms with van der Waals surface area (Å²) in [5.41, 5.74) is 1.19. The number of unbranched alkanes of at least 4 members (excludes halogenated alkanes) is 1. The number of nitrogens with one attached hydrogen (secondary N) is 1. The van der Waals surface area contributed by atoms with Crippen molar-refractivity contribution in [3.8, 4) is 0 Å². The smallest absolute Gasteiger partial charge is 0.325 e. The van der Waals surface area contributed by atoms with Crippen molar-refractivity contribution < 1.29 is 44.9 Å².